The zero-order chi connectivity index (χ0) is 13.3. The average molecular weight is 236 g/mol. The number of nitrogens with one attached hydrogen (secondary N) is 1. The van der Waals surface area contributed by atoms with Crippen molar-refractivity contribution < 1.29 is 9.90 Å². The van der Waals surface area contributed by atoms with Gasteiger partial charge in [-0.05, 0) is 46.2 Å². The first-order valence-electron chi connectivity index (χ1n) is 5.60. The van der Waals surface area contributed by atoms with Crippen molar-refractivity contribution in [3.05, 3.63) is 24.0 Å². The molecule has 0 aromatic carbocycles. The summed E-state index contributed by atoms with van der Waals surface area (Å²) in [6, 6.07) is 1.86. The number of carboxylic acids is 1. The van der Waals surface area contributed by atoms with Crippen molar-refractivity contribution >= 4 is 11.7 Å². The fraction of sp³-hybridized carbons (Fsp3) is 0.538. The molecule has 0 radical (unpaired) electrons. The minimum Gasteiger partial charge on any atom is -0.481 e. The number of pyridine rings is 1. The van der Waals surface area contributed by atoms with E-state index >= 15 is 0 Å². The highest BCUT2D eigenvalue weighted by Crippen LogP contribution is 2.34. The van der Waals surface area contributed by atoms with Crippen molar-refractivity contribution in [1.82, 2.24) is 4.98 Å². The molecule has 1 aromatic heterocycles. The first-order valence-corrected chi connectivity index (χ1v) is 5.60. The molecular formula is C13H20N2O2. The number of aromatic nitrogens is 1. The highest BCUT2D eigenvalue weighted by Gasteiger charge is 2.43. The molecule has 4 heteroatoms. The Morgan fingerprint density at radius 1 is 1.35 bits per heavy atom. The first kappa shape index (κ1) is 13.5. The number of anilines is 1. The topological polar surface area (TPSA) is 62.2 Å². The maximum Gasteiger partial charge on any atom is 0.311 e. The summed E-state index contributed by atoms with van der Waals surface area (Å²) in [5.74, 6) is -0.818. The van der Waals surface area contributed by atoms with Gasteiger partial charge in [0.25, 0.3) is 0 Å². The highest BCUT2D eigenvalue weighted by molar-refractivity contribution is 5.76. The van der Waals surface area contributed by atoms with Gasteiger partial charge in [0, 0.05) is 23.6 Å². The smallest absolute Gasteiger partial charge is 0.311 e. The lowest BCUT2D eigenvalue weighted by atomic mass is 9.74. The van der Waals surface area contributed by atoms with Gasteiger partial charge in [0.05, 0.1) is 5.41 Å². The zero-order valence-corrected chi connectivity index (χ0v) is 11.0. The quantitative estimate of drug-likeness (QED) is 0.843. The van der Waals surface area contributed by atoms with Gasteiger partial charge in [-0.3, -0.25) is 9.78 Å². The van der Waals surface area contributed by atoms with E-state index in [1.807, 2.05) is 26.8 Å². The summed E-state index contributed by atoms with van der Waals surface area (Å²) < 4.78 is 0. The molecule has 0 fully saturated rings. The number of rotatable bonds is 4. The van der Waals surface area contributed by atoms with E-state index in [1.54, 1.807) is 26.2 Å². The van der Waals surface area contributed by atoms with Crippen LogP contribution in [0.5, 0.6) is 0 Å². The van der Waals surface area contributed by atoms with Crippen LogP contribution in [0.3, 0.4) is 0 Å². The lowest BCUT2D eigenvalue weighted by Gasteiger charge is -2.40. The fourth-order valence-electron chi connectivity index (χ4n) is 1.37. The van der Waals surface area contributed by atoms with Crippen molar-refractivity contribution in [2.75, 3.05) is 5.32 Å². The molecule has 0 amide bonds. The van der Waals surface area contributed by atoms with Gasteiger partial charge < -0.3 is 10.4 Å². The Labute approximate surface area is 102 Å². The molecule has 1 aromatic rings. The van der Waals surface area contributed by atoms with Crippen molar-refractivity contribution in [1.29, 1.82) is 0 Å². The summed E-state index contributed by atoms with van der Waals surface area (Å²) in [5, 5.41) is 12.6. The fourth-order valence-corrected chi connectivity index (χ4v) is 1.37. The monoisotopic (exact) mass is 236 g/mol. The first-order chi connectivity index (χ1) is 7.68. The maximum atomic E-state index is 11.3. The predicted molar refractivity (Wildman–Crippen MR) is 68.1 cm³/mol. The van der Waals surface area contributed by atoms with Gasteiger partial charge in [-0.1, -0.05) is 0 Å². The minimum atomic E-state index is -0.872. The molecule has 0 aliphatic rings. The summed E-state index contributed by atoms with van der Waals surface area (Å²) in [6.45, 7) is 9.17. The third-order valence-electron chi connectivity index (χ3n) is 3.56. The van der Waals surface area contributed by atoms with Crippen molar-refractivity contribution in [3.8, 4) is 0 Å². The van der Waals surface area contributed by atoms with Crippen LogP contribution in [0.1, 0.15) is 33.3 Å². The lowest BCUT2D eigenvalue weighted by molar-refractivity contribution is -0.149. The van der Waals surface area contributed by atoms with Crippen molar-refractivity contribution in [3.63, 3.8) is 0 Å². The minimum absolute atomic E-state index is 0.565. The van der Waals surface area contributed by atoms with Crippen LogP contribution in [0.25, 0.3) is 0 Å². The molecule has 0 aliphatic carbocycles. The second-order valence-corrected chi connectivity index (χ2v) is 5.37. The van der Waals surface area contributed by atoms with Crippen molar-refractivity contribution in [2.24, 2.45) is 5.41 Å². The largest absolute Gasteiger partial charge is 0.481 e. The summed E-state index contributed by atoms with van der Waals surface area (Å²) in [6.07, 6.45) is 3.45. The average Bonchev–Trinajstić information content (AvgIpc) is 2.20. The maximum absolute atomic E-state index is 11.3. The van der Waals surface area contributed by atoms with Gasteiger partial charge in [0.15, 0.2) is 0 Å². The van der Waals surface area contributed by atoms with Crippen LogP contribution in [-0.4, -0.2) is 21.6 Å². The van der Waals surface area contributed by atoms with Crippen LogP contribution in [0, 0.1) is 12.3 Å². The van der Waals surface area contributed by atoms with E-state index in [9.17, 15) is 9.90 Å². The number of aryl methyl sites for hydroxylation is 1. The summed E-state index contributed by atoms with van der Waals surface area (Å²) in [7, 11) is 0. The molecule has 0 atom stereocenters. The van der Waals surface area contributed by atoms with Crippen LogP contribution in [-0.2, 0) is 4.79 Å². The number of hydrogen-bond acceptors (Lipinski definition) is 3. The molecule has 0 saturated carbocycles. The molecule has 0 unspecified atom stereocenters. The molecule has 0 aliphatic heterocycles. The summed E-state index contributed by atoms with van der Waals surface area (Å²) >= 11 is 0. The second kappa shape index (κ2) is 4.35. The number of carbonyl (C=O) groups is 1. The van der Waals surface area contributed by atoms with Gasteiger partial charge in [0.1, 0.15) is 0 Å². The van der Waals surface area contributed by atoms with Gasteiger partial charge in [-0.25, -0.2) is 0 Å². The van der Waals surface area contributed by atoms with E-state index in [1.165, 1.54) is 0 Å². The highest BCUT2D eigenvalue weighted by atomic mass is 16.4. The number of aliphatic carboxylic acids is 1. The van der Waals surface area contributed by atoms with Gasteiger partial charge in [-0.2, -0.15) is 0 Å². The zero-order valence-electron chi connectivity index (χ0n) is 11.0. The van der Waals surface area contributed by atoms with Crippen molar-refractivity contribution in [2.45, 2.75) is 40.2 Å². The van der Waals surface area contributed by atoms with E-state index in [0.717, 1.165) is 11.3 Å². The molecule has 17 heavy (non-hydrogen) atoms. The second-order valence-electron chi connectivity index (χ2n) is 5.37. The number of nitrogens with zero attached hydrogens (tertiary/aromatic N) is 1. The third-order valence-corrected chi connectivity index (χ3v) is 3.56. The number of hydrogen-bond donors (Lipinski definition) is 2. The van der Waals surface area contributed by atoms with Crippen LogP contribution in [0.2, 0.25) is 0 Å². The molecule has 4 nitrogen and oxygen atoms in total. The Kier molecular flexibility index (Phi) is 3.45. The third kappa shape index (κ3) is 2.57. The summed E-state index contributed by atoms with van der Waals surface area (Å²) in [5.41, 5.74) is 0.481. The number of carboxylic acid groups (broad SMARTS) is 1. The Morgan fingerprint density at radius 2 is 1.94 bits per heavy atom. The van der Waals surface area contributed by atoms with E-state index in [-0.39, 0.29) is 0 Å². The molecule has 0 saturated heterocycles. The molecule has 2 N–H and O–H groups in total. The lowest BCUT2D eigenvalue weighted by Crippen LogP contribution is -2.50. The van der Waals surface area contributed by atoms with E-state index < -0.39 is 16.9 Å². The SMILES string of the molecule is Cc1cnccc1NC(C)(C)C(C)(C)C(=O)O. The molecular weight excluding hydrogens is 216 g/mol. The van der Waals surface area contributed by atoms with Gasteiger partial charge >= 0.3 is 5.97 Å². The van der Waals surface area contributed by atoms with Crippen LogP contribution >= 0.6 is 0 Å². The Hall–Kier alpha value is -1.58. The van der Waals surface area contributed by atoms with Crippen LogP contribution in [0.15, 0.2) is 18.5 Å². The molecule has 0 bridgehead atoms. The predicted octanol–water partition coefficient (Wildman–Crippen LogP) is 2.69. The molecule has 94 valence electrons. The van der Waals surface area contributed by atoms with E-state index in [0.29, 0.717) is 0 Å². The molecule has 1 heterocycles. The Bertz CT molecular complexity index is 425. The van der Waals surface area contributed by atoms with Gasteiger partial charge in [-0.15, -0.1) is 0 Å². The standard InChI is InChI=1S/C13H20N2O2/c1-9-8-14-7-6-10(9)15-13(4,5)12(2,3)11(16)17/h6-8H,1-5H3,(H,14,15)(H,16,17). The van der Waals surface area contributed by atoms with Gasteiger partial charge in [0.2, 0.25) is 0 Å². The molecule has 0 spiro atoms. The Morgan fingerprint density at radius 3 is 2.41 bits per heavy atom. The summed E-state index contributed by atoms with van der Waals surface area (Å²) in [4.78, 5) is 15.3. The molecule has 1 rings (SSSR count). The van der Waals surface area contributed by atoms with Crippen LogP contribution in [0.4, 0.5) is 5.69 Å². The van der Waals surface area contributed by atoms with Crippen LogP contribution < -0.4 is 5.32 Å². The Balaban J connectivity index is 3.02. The normalized spacial score (nSPS) is 12.3. The van der Waals surface area contributed by atoms with E-state index in [2.05, 4.69) is 10.3 Å². The van der Waals surface area contributed by atoms with E-state index in [4.69, 9.17) is 0 Å².